The quantitative estimate of drug-likeness (QED) is 0.638. The fraction of sp³-hybridized carbons (Fsp3) is 0.625. The lowest BCUT2D eigenvalue weighted by Gasteiger charge is -2.13. The van der Waals surface area contributed by atoms with Crippen LogP contribution in [0.1, 0.15) is 51.2 Å². The van der Waals surface area contributed by atoms with Gasteiger partial charge in [-0.3, -0.25) is 0 Å². The summed E-state index contributed by atoms with van der Waals surface area (Å²) < 4.78 is 5.38. The first kappa shape index (κ1) is 16.0. The van der Waals surface area contributed by atoms with Crippen molar-refractivity contribution < 1.29 is 9.84 Å². The Kier molecular flexibility index (Phi) is 8.26. The third kappa shape index (κ3) is 6.60. The highest BCUT2D eigenvalue weighted by Crippen LogP contribution is 2.17. The Hall–Kier alpha value is -1.06. The third-order valence-electron chi connectivity index (χ3n) is 3.12. The van der Waals surface area contributed by atoms with Gasteiger partial charge in [-0.1, -0.05) is 38.3 Å². The second-order valence-corrected chi connectivity index (χ2v) is 4.78. The maximum absolute atomic E-state index is 10.0. The molecule has 0 bridgehead atoms. The molecule has 0 aliphatic heterocycles. The Labute approximate surface area is 117 Å². The first-order chi connectivity index (χ1) is 9.27. The van der Waals surface area contributed by atoms with Crippen molar-refractivity contribution in [2.24, 2.45) is 0 Å². The summed E-state index contributed by atoms with van der Waals surface area (Å²) in [7, 11) is 0. The van der Waals surface area contributed by atoms with Gasteiger partial charge in [0.05, 0.1) is 12.7 Å². The van der Waals surface area contributed by atoms with Gasteiger partial charge < -0.3 is 15.2 Å². The van der Waals surface area contributed by atoms with Gasteiger partial charge in [0.15, 0.2) is 0 Å². The highest BCUT2D eigenvalue weighted by atomic mass is 16.5. The van der Waals surface area contributed by atoms with Gasteiger partial charge in [-0.2, -0.15) is 0 Å². The zero-order valence-corrected chi connectivity index (χ0v) is 12.2. The fourth-order valence-corrected chi connectivity index (χ4v) is 1.99. The van der Waals surface area contributed by atoms with Gasteiger partial charge in [-0.15, -0.1) is 0 Å². The van der Waals surface area contributed by atoms with E-state index in [1.807, 2.05) is 31.2 Å². The normalized spacial score (nSPS) is 12.4. The molecule has 0 fully saturated rings. The van der Waals surface area contributed by atoms with Gasteiger partial charge in [0, 0.05) is 6.54 Å². The van der Waals surface area contributed by atoms with E-state index in [-0.39, 0.29) is 0 Å². The van der Waals surface area contributed by atoms with Crippen LogP contribution in [-0.2, 0) is 0 Å². The Bertz CT molecular complexity index is 324. The molecule has 1 unspecified atom stereocenters. The van der Waals surface area contributed by atoms with Crippen molar-refractivity contribution in [3.8, 4) is 5.75 Å². The van der Waals surface area contributed by atoms with Gasteiger partial charge in [-0.25, -0.2) is 0 Å². The molecule has 3 nitrogen and oxygen atoms in total. The number of nitrogens with one attached hydrogen (secondary N) is 1. The molecule has 1 atom stereocenters. The molecule has 0 saturated carbocycles. The SMILES string of the molecule is CCCCCCNCC(O)c1ccc(OCC)cc1. The lowest BCUT2D eigenvalue weighted by Crippen LogP contribution is -2.22. The maximum atomic E-state index is 10.0. The van der Waals surface area contributed by atoms with E-state index < -0.39 is 6.10 Å². The Balaban J connectivity index is 2.23. The van der Waals surface area contributed by atoms with Crippen LogP contribution in [0.2, 0.25) is 0 Å². The number of ether oxygens (including phenoxy) is 1. The minimum atomic E-state index is -0.443. The van der Waals surface area contributed by atoms with Crippen LogP contribution in [-0.4, -0.2) is 24.8 Å². The van der Waals surface area contributed by atoms with Crippen LogP contribution in [0.15, 0.2) is 24.3 Å². The van der Waals surface area contributed by atoms with E-state index >= 15 is 0 Å². The van der Waals surface area contributed by atoms with Crippen LogP contribution in [0.5, 0.6) is 5.75 Å². The molecule has 0 spiro atoms. The highest BCUT2D eigenvalue weighted by Gasteiger charge is 2.06. The average molecular weight is 265 g/mol. The monoisotopic (exact) mass is 265 g/mol. The van der Waals surface area contributed by atoms with Crippen LogP contribution in [0.25, 0.3) is 0 Å². The number of hydrogen-bond acceptors (Lipinski definition) is 3. The molecule has 0 saturated heterocycles. The van der Waals surface area contributed by atoms with Gasteiger partial charge in [0.2, 0.25) is 0 Å². The Morgan fingerprint density at radius 1 is 1.11 bits per heavy atom. The molecular formula is C16H27NO2. The minimum absolute atomic E-state index is 0.443. The van der Waals surface area contributed by atoms with Gasteiger partial charge in [0.1, 0.15) is 5.75 Å². The van der Waals surface area contributed by atoms with Crippen LogP contribution in [0.3, 0.4) is 0 Å². The summed E-state index contributed by atoms with van der Waals surface area (Å²) in [5.74, 6) is 0.853. The lowest BCUT2D eigenvalue weighted by molar-refractivity contribution is 0.174. The first-order valence-electron chi connectivity index (χ1n) is 7.39. The van der Waals surface area contributed by atoms with Crippen molar-refractivity contribution in [1.29, 1.82) is 0 Å². The molecule has 3 heteroatoms. The van der Waals surface area contributed by atoms with Crippen molar-refractivity contribution in [3.05, 3.63) is 29.8 Å². The predicted octanol–water partition coefficient (Wildman–Crippen LogP) is 3.29. The van der Waals surface area contributed by atoms with E-state index in [4.69, 9.17) is 4.74 Å². The summed E-state index contributed by atoms with van der Waals surface area (Å²) in [6.07, 6.45) is 4.56. The maximum Gasteiger partial charge on any atom is 0.119 e. The van der Waals surface area contributed by atoms with E-state index in [0.717, 1.165) is 17.9 Å². The molecule has 19 heavy (non-hydrogen) atoms. The van der Waals surface area contributed by atoms with Gasteiger partial charge in [0.25, 0.3) is 0 Å². The van der Waals surface area contributed by atoms with Crippen LogP contribution < -0.4 is 10.1 Å². The molecule has 1 aromatic carbocycles. The van der Waals surface area contributed by atoms with E-state index in [1.54, 1.807) is 0 Å². The molecule has 108 valence electrons. The summed E-state index contributed by atoms with van der Waals surface area (Å²) in [6, 6.07) is 7.66. The van der Waals surface area contributed by atoms with Crippen molar-refractivity contribution in [2.75, 3.05) is 19.7 Å². The summed E-state index contributed by atoms with van der Waals surface area (Å²) >= 11 is 0. The summed E-state index contributed by atoms with van der Waals surface area (Å²) in [5.41, 5.74) is 0.935. The average Bonchev–Trinajstić information content (AvgIpc) is 2.43. The molecule has 0 radical (unpaired) electrons. The number of aliphatic hydroxyl groups excluding tert-OH is 1. The summed E-state index contributed by atoms with van der Waals surface area (Å²) in [4.78, 5) is 0. The minimum Gasteiger partial charge on any atom is -0.494 e. The molecule has 0 heterocycles. The number of unbranched alkanes of at least 4 members (excludes halogenated alkanes) is 3. The first-order valence-corrected chi connectivity index (χ1v) is 7.39. The van der Waals surface area contributed by atoms with Crippen molar-refractivity contribution in [1.82, 2.24) is 5.32 Å². The lowest BCUT2D eigenvalue weighted by atomic mass is 10.1. The smallest absolute Gasteiger partial charge is 0.119 e. The number of rotatable bonds is 10. The Morgan fingerprint density at radius 3 is 2.47 bits per heavy atom. The molecule has 1 aromatic rings. The highest BCUT2D eigenvalue weighted by molar-refractivity contribution is 5.28. The molecule has 0 aliphatic carbocycles. The largest absolute Gasteiger partial charge is 0.494 e. The van der Waals surface area contributed by atoms with E-state index in [0.29, 0.717) is 13.2 Å². The Morgan fingerprint density at radius 2 is 1.84 bits per heavy atom. The van der Waals surface area contributed by atoms with Gasteiger partial charge in [-0.05, 0) is 37.6 Å². The molecule has 1 rings (SSSR count). The number of hydrogen-bond donors (Lipinski definition) is 2. The van der Waals surface area contributed by atoms with Crippen LogP contribution in [0, 0.1) is 0 Å². The van der Waals surface area contributed by atoms with Crippen LogP contribution >= 0.6 is 0 Å². The predicted molar refractivity (Wildman–Crippen MR) is 79.6 cm³/mol. The van der Waals surface area contributed by atoms with Gasteiger partial charge >= 0.3 is 0 Å². The molecule has 2 N–H and O–H groups in total. The molecule has 0 aromatic heterocycles. The van der Waals surface area contributed by atoms with E-state index in [2.05, 4.69) is 12.2 Å². The van der Waals surface area contributed by atoms with E-state index in [9.17, 15) is 5.11 Å². The zero-order valence-electron chi connectivity index (χ0n) is 12.2. The fourth-order valence-electron chi connectivity index (χ4n) is 1.99. The van der Waals surface area contributed by atoms with Crippen LogP contribution in [0.4, 0.5) is 0 Å². The molecular weight excluding hydrogens is 238 g/mol. The molecule has 0 amide bonds. The van der Waals surface area contributed by atoms with Crippen molar-refractivity contribution >= 4 is 0 Å². The summed E-state index contributed by atoms with van der Waals surface area (Å²) in [6.45, 7) is 6.43. The number of aliphatic hydroxyl groups is 1. The topological polar surface area (TPSA) is 41.5 Å². The molecule has 0 aliphatic rings. The second kappa shape index (κ2) is 9.82. The van der Waals surface area contributed by atoms with E-state index in [1.165, 1.54) is 25.7 Å². The number of benzene rings is 1. The second-order valence-electron chi connectivity index (χ2n) is 4.78. The third-order valence-corrected chi connectivity index (χ3v) is 3.12. The zero-order chi connectivity index (χ0) is 13.9. The van der Waals surface area contributed by atoms with Crippen molar-refractivity contribution in [2.45, 2.75) is 45.6 Å². The van der Waals surface area contributed by atoms with Crippen molar-refractivity contribution in [3.63, 3.8) is 0 Å². The summed E-state index contributed by atoms with van der Waals surface area (Å²) in [5, 5.41) is 13.3. The standard InChI is InChI=1S/C16H27NO2/c1-3-5-6-7-12-17-13-16(18)14-8-10-15(11-9-14)19-4-2/h8-11,16-18H,3-7,12-13H2,1-2H3.